The molecule has 0 bridgehead atoms. The van der Waals surface area contributed by atoms with Crippen molar-refractivity contribution in [1.29, 1.82) is 0 Å². The lowest BCUT2D eigenvalue weighted by molar-refractivity contribution is -0.272. The van der Waals surface area contributed by atoms with Crippen LogP contribution in [0.3, 0.4) is 0 Å². The molecule has 2 saturated heterocycles. The summed E-state index contributed by atoms with van der Waals surface area (Å²) in [6.07, 6.45) is -3.17. The standard InChI is InChI=1S/C34H54O11/c1-16-7-10-34(43-15-16)17(2)26-24(45-34)12-22-20-6-5-18-11-19(8-9-32(18,3)21(20)13-25(37)33(22,26)4)44-31(42)30(41)29(40)28(39)27(38)23(36)14-35/h16-24,26-30,35-36,38-41H,5-15H2,1-4H3/t16-,17+,18+,19+,20-,21+,22+,23-,24+,26+,27-,28-,29+,30+,32+,33-,34-/m1/s1. The normalized spacial score (nSPS) is 49.2. The molecule has 45 heavy (non-hydrogen) atoms. The molecule has 4 saturated carbocycles. The first-order valence-corrected chi connectivity index (χ1v) is 17.2. The molecule has 11 nitrogen and oxygen atoms in total. The molecule has 6 rings (SSSR count). The van der Waals surface area contributed by atoms with E-state index in [0.29, 0.717) is 43.5 Å². The third kappa shape index (κ3) is 5.23. The molecule has 4 aliphatic carbocycles. The molecule has 2 heterocycles. The molecule has 256 valence electrons. The highest BCUT2D eigenvalue weighted by Gasteiger charge is 2.71. The van der Waals surface area contributed by atoms with E-state index in [9.17, 15) is 35.1 Å². The van der Waals surface area contributed by atoms with Gasteiger partial charge in [-0.3, -0.25) is 4.79 Å². The van der Waals surface area contributed by atoms with Crippen LogP contribution in [0.1, 0.15) is 85.5 Å². The number of ether oxygens (including phenoxy) is 3. The summed E-state index contributed by atoms with van der Waals surface area (Å²) in [4.78, 5) is 27.0. The Labute approximate surface area is 265 Å². The average Bonchev–Trinajstić information content (AvgIpc) is 3.47. The summed E-state index contributed by atoms with van der Waals surface area (Å²) in [6, 6.07) is 0. The molecular weight excluding hydrogens is 584 g/mol. The zero-order chi connectivity index (χ0) is 32.6. The van der Waals surface area contributed by atoms with E-state index >= 15 is 0 Å². The van der Waals surface area contributed by atoms with Gasteiger partial charge in [-0.25, -0.2) is 4.79 Å². The molecule has 0 aromatic rings. The second-order valence-electron chi connectivity index (χ2n) is 16.0. The van der Waals surface area contributed by atoms with Gasteiger partial charge in [-0.05, 0) is 80.0 Å². The molecular formula is C34H54O11. The van der Waals surface area contributed by atoms with Gasteiger partial charge in [-0.2, -0.15) is 0 Å². The zero-order valence-electron chi connectivity index (χ0n) is 27.1. The predicted molar refractivity (Wildman–Crippen MR) is 159 cm³/mol. The van der Waals surface area contributed by atoms with Crippen molar-refractivity contribution in [2.24, 2.45) is 52.3 Å². The lowest BCUT2D eigenvalue weighted by atomic mass is 9.44. The first kappa shape index (κ1) is 33.7. The SMILES string of the molecule is C[C@@H]1CC[C@@]2(OC1)O[C@H]1C[C@H]3[C@@H]4CC[C@H]5C[C@@H](OC(=O)[C@@H](O)[C@@H](O)[C@H](O)[C@H](O)[C@H](O)CO)CC[C@]5(C)[C@H]4CC(=O)[C@]3(C)[C@H]1[C@@H]2C. The van der Waals surface area contributed by atoms with Crippen LogP contribution in [0.5, 0.6) is 0 Å². The summed E-state index contributed by atoms with van der Waals surface area (Å²) in [6.45, 7) is 8.81. The number of ketones is 1. The summed E-state index contributed by atoms with van der Waals surface area (Å²) in [5.41, 5.74) is -0.505. The molecule has 1 spiro atoms. The molecule has 17 atom stereocenters. The van der Waals surface area contributed by atoms with Crippen LogP contribution in [0.25, 0.3) is 0 Å². The van der Waals surface area contributed by atoms with Gasteiger partial charge in [0.2, 0.25) is 0 Å². The summed E-state index contributed by atoms with van der Waals surface area (Å²) in [7, 11) is 0. The molecule has 0 amide bonds. The van der Waals surface area contributed by atoms with Gasteiger partial charge in [0, 0.05) is 30.1 Å². The van der Waals surface area contributed by atoms with Crippen molar-refractivity contribution in [1.82, 2.24) is 0 Å². The predicted octanol–water partition coefficient (Wildman–Crippen LogP) is 1.32. The molecule has 6 N–H and O–H groups in total. The van der Waals surface area contributed by atoms with E-state index in [1.807, 2.05) is 0 Å². The lowest BCUT2D eigenvalue weighted by Crippen LogP contribution is -2.58. The molecule has 0 aromatic heterocycles. The van der Waals surface area contributed by atoms with Crippen molar-refractivity contribution >= 4 is 11.8 Å². The fraction of sp³-hybridized carbons (Fsp3) is 0.941. The maximum atomic E-state index is 14.3. The third-order valence-corrected chi connectivity index (χ3v) is 13.9. The molecule has 11 heteroatoms. The van der Waals surface area contributed by atoms with Crippen LogP contribution in [0.4, 0.5) is 0 Å². The number of carbonyl (C=O) groups excluding carboxylic acids is 2. The van der Waals surface area contributed by atoms with Crippen molar-refractivity contribution in [3.05, 3.63) is 0 Å². The van der Waals surface area contributed by atoms with Crippen molar-refractivity contribution < 1.29 is 54.4 Å². The fourth-order valence-corrected chi connectivity index (χ4v) is 11.1. The van der Waals surface area contributed by atoms with Gasteiger partial charge < -0.3 is 44.8 Å². The smallest absolute Gasteiger partial charge is 0.338 e. The number of fused-ring (bicyclic) bond motifs is 7. The summed E-state index contributed by atoms with van der Waals surface area (Å²) >= 11 is 0. The van der Waals surface area contributed by atoms with E-state index in [0.717, 1.165) is 38.5 Å². The third-order valence-electron chi connectivity index (χ3n) is 13.9. The number of hydrogen-bond donors (Lipinski definition) is 6. The average molecular weight is 639 g/mol. The minimum atomic E-state index is -2.13. The number of aliphatic hydroxyl groups is 6. The Bertz CT molecular complexity index is 1120. The number of aliphatic hydroxyl groups excluding tert-OH is 6. The Morgan fingerprint density at radius 3 is 2.36 bits per heavy atom. The van der Waals surface area contributed by atoms with Crippen molar-refractivity contribution in [2.45, 2.75) is 134 Å². The van der Waals surface area contributed by atoms with E-state index in [1.54, 1.807) is 0 Å². The van der Waals surface area contributed by atoms with Crippen LogP contribution in [0.15, 0.2) is 0 Å². The first-order valence-electron chi connectivity index (χ1n) is 17.2. The Hall–Kier alpha value is -1.18. The highest BCUT2D eigenvalue weighted by molar-refractivity contribution is 5.87. The Kier molecular flexibility index (Phi) is 9.03. The van der Waals surface area contributed by atoms with E-state index < -0.39 is 60.4 Å². The van der Waals surface area contributed by atoms with E-state index in [1.165, 1.54) is 0 Å². The second kappa shape index (κ2) is 12.1. The maximum absolute atomic E-state index is 14.3. The van der Waals surface area contributed by atoms with Gasteiger partial charge in [-0.15, -0.1) is 0 Å². The largest absolute Gasteiger partial charge is 0.460 e. The van der Waals surface area contributed by atoms with Crippen LogP contribution < -0.4 is 0 Å². The fourth-order valence-electron chi connectivity index (χ4n) is 11.1. The summed E-state index contributed by atoms with van der Waals surface area (Å²) in [5, 5.41) is 59.0. The van der Waals surface area contributed by atoms with Crippen molar-refractivity contribution in [2.75, 3.05) is 13.2 Å². The highest BCUT2D eigenvalue weighted by atomic mass is 16.7. The molecule has 6 fully saturated rings. The molecule has 0 aromatic carbocycles. The van der Waals surface area contributed by atoms with Crippen molar-refractivity contribution in [3.63, 3.8) is 0 Å². The molecule has 6 aliphatic rings. The van der Waals surface area contributed by atoms with Crippen LogP contribution in [-0.2, 0) is 23.8 Å². The second-order valence-corrected chi connectivity index (χ2v) is 16.0. The zero-order valence-corrected chi connectivity index (χ0v) is 27.1. The topological polar surface area (TPSA) is 183 Å². The number of Topliss-reactive ketones (excluding diaryl/α,β-unsaturated/α-hetero) is 1. The van der Waals surface area contributed by atoms with Crippen molar-refractivity contribution in [3.8, 4) is 0 Å². The van der Waals surface area contributed by atoms with Gasteiger partial charge >= 0.3 is 5.97 Å². The van der Waals surface area contributed by atoms with Crippen LogP contribution in [0, 0.1) is 52.3 Å². The number of hydrogen-bond acceptors (Lipinski definition) is 11. The lowest BCUT2D eigenvalue weighted by Gasteiger charge is -2.60. The highest BCUT2D eigenvalue weighted by Crippen LogP contribution is 2.70. The molecule has 0 radical (unpaired) electrons. The van der Waals surface area contributed by atoms with Gasteiger partial charge in [0.15, 0.2) is 11.9 Å². The molecule has 0 unspecified atom stereocenters. The summed E-state index contributed by atoms with van der Waals surface area (Å²) < 4.78 is 18.8. The Morgan fingerprint density at radius 2 is 1.69 bits per heavy atom. The minimum absolute atomic E-state index is 0.0418. The Balaban J connectivity index is 1.10. The van der Waals surface area contributed by atoms with E-state index in [4.69, 9.17) is 19.3 Å². The monoisotopic (exact) mass is 638 g/mol. The quantitative estimate of drug-likeness (QED) is 0.221. The van der Waals surface area contributed by atoms with E-state index in [-0.39, 0.29) is 41.1 Å². The van der Waals surface area contributed by atoms with Gasteiger partial charge in [-0.1, -0.05) is 27.7 Å². The Morgan fingerprint density at radius 1 is 0.956 bits per heavy atom. The van der Waals surface area contributed by atoms with E-state index in [2.05, 4.69) is 27.7 Å². The van der Waals surface area contributed by atoms with Gasteiger partial charge in [0.05, 0.1) is 19.3 Å². The van der Waals surface area contributed by atoms with Crippen LogP contribution in [0.2, 0.25) is 0 Å². The molecule has 2 aliphatic heterocycles. The van der Waals surface area contributed by atoms with Gasteiger partial charge in [0.25, 0.3) is 0 Å². The number of carbonyl (C=O) groups is 2. The number of esters is 1. The maximum Gasteiger partial charge on any atom is 0.338 e. The minimum Gasteiger partial charge on any atom is -0.460 e. The van der Waals surface area contributed by atoms with Crippen LogP contribution >= 0.6 is 0 Å². The van der Waals surface area contributed by atoms with Gasteiger partial charge in [0.1, 0.15) is 36.3 Å². The van der Waals surface area contributed by atoms with Crippen LogP contribution in [-0.4, -0.2) is 104 Å². The number of rotatable bonds is 7. The summed E-state index contributed by atoms with van der Waals surface area (Å²) in [5.74, 6) is 0.722. The first-order chi connectivity index (χ1) is 21.2.